The van der Waals surface area contributed by atoms with Gasteiger partial charge in [-0.1, -0.05) is 35.3 Å². The van der Waals surface area contributed by atoms with Crippen molar-refractivity contribution in [2.24, 2.45) is 0 Å². The van der Waals surface area contributed by atoms with Crippen LogP contribution in [0.25, 0.3) is 11.0 Å². The number of amides is 1. The van der Waals surface area contributed by atoms with Gasteiger partial charge in [-0.25, -0.2) is 18.4 Å². The quantitative estimate of drug-likeness (QED) is 0.710. The maximum Gasteiger partial charge on any atom is 0.245 e. The first-order valence-corrected chi connectivity index (χ1v) is 10.1. The molecule has 10 heteroatoms. The Morgan fingerprint density at radius 1 is 1.27 bits per heavy atom. The van der Waals surface area contributed by atoms with Crippen LogP contribution >= 0.6 is 23.2 Å². The summed E-state index contributed by atoms with van der Waals surface area (Å²) in [5, 5.41) is 3.00. The van der Waals surface area contributed by atoms with Gasteiger partial charge in [0.05, 0.1) is 21.1 Å². The number of carbonyl (C=O) groups excluding carboxylic acids is 1. The number of imidazole rings is 1. The van der Waals surface area contributed by atoms with E-state index < -0.39 is 15.7 Å². The van der Waals surface area contributed by atoms with E-state index in [1.165, 1.54) is 10.8 Å². The summed E-state index contributed by atoms with van der Waals surface area (Å²) in [7, 11) is -3.62. The lowest BCUT2D eigenvalue weighted by atomic mass is 10.3. The monoisotopic (exact) mass is 412 g/mol. The van der Waals surface area contributed by atoms with Crippen molar-refractivity contribution < 1.29 is 13.2 Å². The van der Waals surface area contributed by atoms with Gasteiger partial charge in [0.15, 0.2) is 5.82 Å². The van der Waals surface area contributed by atoms with Gasteiger partial charge in [-0.05, 0) is 24.6 Å². The zero-order chi connectivity index (χ0) is 19.1. The summed E-state index contributed by atoms with van der Waals surface area (Å²) in [5.41, 5.74) is 1.61. The molecule has 7 nitrogen and oxygen atoms in total. The molecule has 0 radical (unpaired) electrons. The van der Waals surface area contributed by atoms with Crippen LogP contribution in [-0.2, 0) is 21.2 Å². The number of fused-ring (bicyclic) bond motifs is 1. The number of nitrogens with zero attached hydrogens (tertiary/aromatic N) is 3. The number of benzene rings is 1. The number of halogens is 2. The second kappa shape index (κ2) is 6.86. The van der Waals surface area contributed by atoms with Crippen LogP contribution in [0.5, 0.6) is 0 Å². The number of sulfone groups is 1. The Morgan fingerprint density at radius 3 is 2.65 bits per heavy atom. The molecule has 0 aliphatic rings. The molecule has 1 amide bonds. The summed E-state index contributed by atoms with van der Waals surface area (Å²) >= 11 is 12.1. The molecule has 3 aromatic rings. The Hall–Kier alpha value is -2.16. The van der Waals surface area contributed by atoms with Gasteiger partial charge in [0.1, 0.15) is 6.54 Å². The SMILES string of the molecule is Cc1c(Cl)cnc(NC(=O)Cn2c(S(C)(=O)=O)nc3ccccc32)c1Cl. The fourth-order valence-corrected chi connectivity index (χ4v) is 3.67. The van der Waals surface area contributed by atoms with Crippen LogP contribution in [0.4, 0.5) is 5.82 Å². The molecule has 2 aromatic heterocycles. The topological polar surface area (TPSA) is 94.0 Å². The van der Waals surface area contributed by atoms with Crippen LogP contribution in [-0.4, -0.2) is 35.1 Å². The maximum absolute atomic E-state index is 12.5. The summed E-state index contributed by atoms with van der Waals surface area (Å²) in [6, 6.07) is 6.86. The Bertz CT molecular complexity index is 1130. The number of anilines is 1. The highest BCUT2D eigenvalue weighted by Gasteiger charge is 2.21. The predicted octanol–water partition coefficient (Wildman–Crippen LogP) is 3.09. The molecular weight excluding hydrogens is 399 g/mol. The molecule has 0 saturated carbocycles. The Kier molecular flexibility index (Phi) is 4.92. The summed E-state index contributed by atoms with van der Waals surface area (Å²) in [5.74, 6) is -0.335. The smallest absolute Gasteiger partial charge is 0.245 e. The number of rotatable bonds is 4. The Balaban J connectivity index is 1.96. The molecule has 0 aliphatic carbocycles. The van der Waals surface area contributed by atoms with E-state index in [2.05, 4.69) is 15.3 Å². The second-order valence-corrected chi connectivity index (χ2v) is 8.38. The van der Waals surface area contributed by atoms with Crippen molar-refractivity contribution in [3.63, 3.8) is 0 Å². The lowest BCUT2D eigenvalue weighted by molar-refractivity contribution is -0.116. The highest BCUT2D eigenvalue weighted by Crippen LogP contribution is 2.28. The molecule has 0 saturated heterocycles. The number of nitrogens with one attached hydrogen (secondary N) is 1. The van der Waals surface area contributed by atoms with Crippen molar-refractivity contribution in [3.8, 4) is 0 Å². The molecular formula is C16H14Cl2N4O3S. The van der Waals surface area contributed by atoms with Gasteiger partial charge in [0.2, 0.25) is 20.9 Å². The molecule has 0 aliphatic heterocycles. The Labute approximate surface area is 159 Å². The van der Waals surface area contributed by atoms with Crippen LogP contribution in [0.15, 0.2) is 35.6 Å². The molecule has 136 valence electrons. The third-order valence-electron chi connectivity index (χ3n) is 3.71. The molecule has 0 atom stereocenters. The first-order valence-electron chi connectivity index (χ1n) is 7.44. The largest absolute Gasteiger partial charge is 0.308 e. The third kappa shape index (κ3) is 3.53. The molecule has 0 bridgehead atoms. The lowest BCUT2D eigenvalue weighted by Gasteiger charge is -2.11. The summed E-state index contributed by atoms with van der Waals surface area (Å²) in [6.07, 6.45) is 2.43. The fourth-order valence-electron chi connectivity index (χ4n) is 2.45. The first kappa shape index (κ1) is 18.6. The predicted molar refractivity (Wildman–Crippen MR) is 100 cm³/mol. The summed E-state index contributed by atoms with van der Waals surface area (Å²) in [4.78, 5) is 20.6. The van der Waals surface area contributed by atoms with Gasteiger partial charge in [-0.2, -0.15) is 0 Å². The van der Waals surface area contributed by atoms with Gasteiger partial charge in [-0.3, -0.25) is 4.79 Å². The van der Waals surface area contributed by atoms with Crippen molar-refractivity contribution in [1.29, 1.82) is 0 Å². The van der Waals surface area contributed by atoms with Gasteiger partial charge < -0.3 is 9.88 Å². The van der Waals surface area contributed by atoms with E-state index in [0.29, 0.717) is 21.6 Å². The molecule has 26 heavy (non-hydrogen) atoms. The minimum absolute atomic E-state index is 0.156. The second-order valence-electron chi connectivity index (χ2n) is 5.68. The highest BCUT2D eigenvalue weighted by molar-refractivity contribution is 7.90. The average Bonchev–Trinajstić information content (AvgIpc) is 2.94. The van der Waals surface area contributed by atoms with Gasteiger partial charge in [-0.15, -0.1) is 0 Å². The molecule has 1 N–H and O–H groups in total. The molecule has 2 heterocycles. The van der Waals surface area contributed by atoms with E-state index in [1.54, 1.807) is 31.2 Å². The lowest BCUT2D eigenvalue weighted by Crippen LogP contribution is -2.22. The molecule has 3 rings (SSSR count). The van der Waals surface area contributed by atoms with Gasteiger partial charge in [0.25, 0.3) is 0 Å². The molecule has 1 aromatic carbocycles. The normalized spacial score (nSPS) is 11.7. The van der Waals surface area contributed by atoms with Crippen LogP contribution in [0.2, 0.25) is 10.0 Å². The first-order chi connectivity index (χ1) is 12.2. The van der Waals surface area contributed by atoms with E-state index in [1.807, 2.05) is 0 Å². The summed E-state index contributed by atoms with van der Waals surface area (Å²) in [6.45, 7) is 1.44. The van der Waals surface area contributed by atoms with Gasteiger partial charge in [0, 0.05) is 12.5 Å². The number of para-hydroxylation sites is 2. The summed E-state index contributed by atoms with van der Waals surface area (Å²) < 4.78 is 25.4. The highest BCUT2D eigenvalue weighted by atomic mass is 35.5. The number of pyridine rings is 1. The Morgan fingerprint density at radius 2 is 1.96 bits per heavy atom. The maximum atomic E-state index is 12.5. The van der Waals surface area contributed by atoms with Crippen LogP contribution in [0.1, 0.15) is 5.56 Å². The van der Waals surface area contributed by atoms with Crippen LogP contribution in [0.3, 0.4) is 0 Å². The van der Waals surface area contributed by atoms with Crippen molar-refractivity contribution in [3.05, 3.63) is 46.1 Å². The van der Waals surface area contributed by atoms with Crippen molar-refractivity contribution in [2.45, 2.75) is 18.6 Å². The van der Waals surface area contributed by atoms with Gasteiger partial charge >= 0.3 is 0 Å². The van der Waals surface area contributed by atoms with E-state index >= 15 is 0 Å². The van der Waals surface area contributed by atoms with E-state index in [-0.39, 0.29) is 22.5 Å². The molecule has 0 unspecified atom stereocenters. The van der Waals surface area contributed by atoms with Crippen molar-refractivity contribution in [2.75, 3.05) is 11.6 Å². The van der Waals surface area contributed by atoms with Crippen LogP contribution in [0, 0.1) is 6.92 Å². The van der Waals surface area contributed by atoms with E-state index in [9.17, 15) is 13.2 Å². The zero-order valence-corrected chi connectivity index (χ0v) is 16.2. The number of hydrogen-bond acceptors (Lipinski definition) is 5. The minimum Gasteiger partial charge on any atom is -0.308 e. The van der Waals surface area contributed by atoms with Crippen molar-refractivity contribution >= 4 is 55.8 Å². The van der Waals surface area contributed by atoms with E-state index in [0.717, 1.165) is 6.26 Å². The van der Waals surface area contributed by atoms with Crippen molar-refractivity contribution in [1.82, 2.24) is 14.5 Å². The molecule has 0 spiro atoms. The van der Waals surface area contributed by atoms with E-state index in [4.69, 9.17) is 23.2 Å². The van der Waals surface area contributed by atoms with Crippen LogP contribution < -0.4 is 5.32 Å². The molecule has 0 fully saturated rings. The third-order valence-corrected chi connectivity index (χ3v) is 5.53. The number of aromatic nitrogens is 3. The fraction of sp³-hybridized carbons (Fsp3) is 0.188. The minimum atomic E-state index is -3.62. The number of hydrogen-bond donors (Lipinski definition) is 1. The standard InChI is InChI=1S/C16H14Cl2N4O3S/c1-9-10(17)7-19-15(14(9)18)21-13(23)8-22-12-6-4-3-5-11(12)20-16(22)26(2,24)25/h3-7H,8H2,1-2H3,(H,19,21,23). The zero-order valence-electron chi connectivity index (χ0n) is 13.8. The number of carbonyl (C=O) groups is 1. The average molecular weight is 413 g/mol.